The molecule has 1 heteroatoms. The number of fused-ring (bicyclic) bond motifs is 6. The summed E-state index contributed by atoms with van der Waals surface area (Å²) in [5.74, 6) is 0. The number of rotatable bonds is 3. The van der Waals surface area contributed by atoms with Crippen molar-refractivity contribution in [2.45, 2.75) is 0 Å². The van der Waals surface area contributed by atoms with Crippen LogP contribution < -0.4 is 0 Å². The van der Waals surface area contributed by atoms with Gasteiger partial charge in [-0.3, -0.25) is 0 Å². The number of furan rings is 1. The van der Waals surface area contributed by atoms with E-state index in [4.69, 9.17) is 25.0 Å². The van der Waals surface area contributed by atoms with Gasteiger partial charge in [-0.2, -0.15) is 0 Å². The van der Waals surface area contributed by atoms with Crippen molar-refractivity contribution >= 4 is 54.3 Å². The summed E-state index contributed by atoms with van der Waals surface area (Å²) in [6.07, 6.45) is 0. The van der Waals surface area contributed by atoms with E-state index in [2.05, 4.69) is 0 Å². The molecule has 1 heterocycles. The van der Waals surface area contributed by atoms with Crippen LogP contribution in [-0.4, -0.2) is 0 Å². The van der Waals surface area contributed by atoms with Crippen molar-refractivity contribution in [3.05, 3.63) is 157 Å². The second kappa shape index (κ2) is 9.44. The van der Waals surface area contributed by atoms with Crippen LogP contribution in [0.2, 0.25) is 0 Å². The minimum absolute atomic E-state index is 0.0346. The fourth-order valence-electron chi connectivity index (χ4n) is 5.82. The van der Waals surface area contributed by atoms with Gasteiger partial charge in [-0.25, -0.2) is 0 Å². The van der Waals surface area contributed by atoms with Gasteiger partial charge in [0.1, 0.15) is 11.2 Å². The average Bonchev–Trinajstić information content (AvgIpc) is 3.68. The Kier molecular flexibility index (Phi) is 2.54. The van der Waals surface area contributed by atoms with Crippen molar-refractivity contribution < 1.29 is 31.8 Å². The lowest BCUT2D eigenvalue weighted by Gasteiger charge is -2.19. The molecule has 0 saturated heterocycles. The van der Waals surface area contributed by atoms with E-state index < -0.39 is 132 Å². The maximum atomic E-state index is 9.36. The topological polar surface area (TPSA) is 13.1 Å². The zero-order valence-corrected chi connectivity index (χ0v) is 21.9. The first-order chi connectivity index (χ1) is 29.7. The molecule has 0 aliphatic heterocycles. The van der Waals surface area contributed by atoms with Crippen LogP contribution in [-0.2, 0) is 0 Å². The molecule has 0 radical (unpaired) electrons. The first kappa shape index (κ1) is 11.6. The molecule has 9 aromatic rings. The summed E-state index contributed by atoms with van der Waals surface area (Å²) in [6.45, 7) is 0. The van der Waals surface area contributed by atoms with E-state index in [1.54, 1.807) is 24.3 Å². The van der Waals surface area contributed by atoms with E-state index in [1.807, 2.05) is 0 Å². The molecule has 0 fully saturated rings. The summed E-state index contributed by atoms with van der Waals surface area (Å²) in [5.41, 5.74) is -1.37. The molecule has 200 valence electrons. The van der Waals surface area contributed by atoms with E-state index in [1.165, 1.54) is 12.1 Å². The van der Waals surface area contributed by atoms with Crippen LogP contribution in [0.4, 0.5) is 0 Å². The van der Waals surface area contributed by atoms with E-state index in [0.29, 0.717) is 5.39 Å². The Morgan fingerprint density at radius 3 is 1.60 bits per heavy atom. The lowest BCUT2D eigenvalue weighted by molar-refractivity contribution is 0.669. The molecule has 43 heavy (non-hydrogen) atoms. The predicted molar refractivity (Wildman–Crippen MR) is 183 cm³/mol. The van der Waals surface area contributed by atoms with Crippen molar-refractivity contribution in [1.82, 2.24) is 0 Å². The second-order valence-electron chi connectivity index (χ2n) is 9.72. The van der Waals surface area contributed by atoms with Gasteiger partial charge in [0, 0.05) is 10.8 Å². The lowest BCUT2D eigenvalue weighted by Crippen LogP contribution is -1.92. The molecular formula is C42H26O. The summed E-state index contributed by atoms with van der Waals surface area (Å²) in [6, 6.07) is -4.13. The molecule has 0 saturated carbocycles. The Hall–Kier alpha value is -5.66. The molecule has 0 bridgehead atoms. The van der Waals surface area contributed by atoms with Gasteiger partial charge in [0.2, 0.25) is 0 Å². The van der Waals surface area contributed by atoms with Crippen LogP contribution in [0.3, 0.4) is 0 Å². The van der Waals surface area contributed by atoms with E-state index in [9.17, 15) is 6.85 Å². The first-order valence-electron chi connectivity index (χ1n) is 23.1. The summed E-state index contributed by atoms with van der Waals surface area (Å²) in [7, 11) is 0. The van der Waals surface area contributed by atoms with Crippen molar-refractivity contribution in [2.24, 2.45) is 0 Å². The molecule has 1 nitrogen and oxygen atoms in total. The molecule has 9 rings (SSSR count). The summed E-state index contributed by atoms with van der Waals surface area (Å²) >= 11 is 0. The molecule has 8 aromatic carbocycles. The number of benzene rings is 8. The highest BCUT2D eigenvalue weighted by Crippen LogP contribution is 2.47. The third-order valence-electron chi connectivity index (χ3n) is 7.54. The third-order valence-corrected chi connectivity index (χ3v) is 7.54. The van der Waals surface area contributed by atoms with Crippen LogP contribution in [0.15, 0.2) is 162 Å². The largest absolute Gasteiger partial charge is 0.456 e. The van der Waals surface area contributed by atoms with E-state index >= 15 is 0 Å². The standard InChI is InChI=1S/C42H26O/c1-2-13-27(14-3-1)40-32-17-6-8-19-34(32)41(35-20-9-7-18-33(35)40)36-26-25-30(28-15-4-5-16-29(28)36)31-22-12-24-39-42(31)37-21-10-11-23-38(37)43-39/h1-26H/i1D,2D,3D,6D,7D,8D,9D,10D,11D,12D,13D,14D,17D,18D,19D,20D,21D,22D,23D,24D. The van der Waals surface area contributed by atoms with Crippen molar-refractivity contribution in [3.63, 3.8) is 0 Å². The molecule has 0 aliphatic carbocycles. The zero-order chi connectivity index (χ0) is 45.7. The van der Waals surface area contributed by atoms with E-state index in [-0.39, 0.29) is 71.1 Å². The van der Waals surface area contributed by atoms with Crippen molar-refractivity contribution in [3.8, 4) is 33.4 Å². The highest BCUT2D eigenvalue weighted by atomic mass is 16.3. The Bertz CT molecular complexity index is 3520. The fourth-order valence-corrected chi connectivity index (χ4v) is 5.82. The zero-order valence-electron chi connectivity index (χ0n) is 41.9. The summed E-state index contributed by atoms with van der Waals surface area (Å²) in [5, 5.41) is -0.974. The van der Waals surface area contributed by atoms with Gasteiger partial charge in [0.15, 0.2) is 0 Å². The highest BCUT2D eigenvalue weighted by Gasteiger charge is 2.20. The molecule has 0 atom stereocenters. The molecule has 0 spiro atoms. The predicted octanol–water partition coefficient (Wildman–Crippen LogP) is 12.0. The maximum absolute atomic E-state index is 9.36. The molecule has 0 unspecified atom stereocenters. The molecule has 1 aromatic heterocycles. The quantitative estimate of drug-likeness (QED) is 0.194. The summed E-state index contributed by atoms with van der Waals surface area (Å²) < 4.78 is 182. The van der Waals surface area contributed by atoms with Crippen LogP contribution in [0.5, 0.6) is 0 Å². The number of hydrogen-bond acceptors (Lipinski definition) is 1. The smallest absolute Gasteiger partial charge is 0.136 e. The highest BCUT2D eigenvalue weighted by molar-refractivity contribution is 6.24. The van der Waals surface area contributed by atoms with Crippen LogP contribution in [0, 0.1) is 0 Å². The number of hydrogen-bond donors (Lipinski definition) is 0. The Morgan fingerprint density at radius 2 is 0.907 bits per heavy atom. The van der Waals surface area contributed by atoms with Gasteiger partial charge in [-0.1, -0.05) is 145 Å². The van der Waals surface area contributed by atoms with Crippen LogP contribution >= 0.6 is 0 Å². The maximum Gasteiger partial charge on any atom is 0.136 e. The van der Waals surface area contributed by atoms with Crippen LogP contribution in [0.1, 0.15) is 27.4 Å². The van der Waals surface area contributed by atoms with E-state index in [0.717, 1.165) is 0 Å². The van der Waals surface area contributed by atoms with Crippen molar-refractivity contribution in [1.29, 1.82) is 0 Å². The van der Waals surface area contributed by atoms with Gasteiger partial charge in [-0.05, 0) is 77.8 Å². The van der Waals surface area contributed by atoms with Gasteiger partial charge in [-0.15, -0.1) is 0 Å². The average molecular weight is 567 g/mol. The van der Waals surface area contributed by atoms with Gasteiger partial charge in [0.25, 0.3) is 0 Å². The minimum Gasteiger partial charge on any atom is -0.456 e. The second-order valence-corrected chi connectivity index (χ2v) is 9.72. The fraction of sp³-hybridized carbons (Fsp3) is 0. The minimum atomic E-state index is -0.794. The Balaban J connectivity index is 1.54. The monoisotopic (exact) mass is 566 g/mol. The molecule has 0 N–H and O–H groups in total. The van der Waals surface area contributed by atoms with Gasteiger partial charge < -0.3 is 4.42 Å². The normalized spacial score (nSPS) is 18.2. The van der Waals surface area contributed by atoms with Gasteiger partial charge >= 0.3 is 0 Å². The lowest BCUT2D eigenvalue weighted by atomic mass is 9.83. The SMILES string of the molecule is [2H]c1c([2H])c([2H])c(-c2c3c([2H])c([2H])c([2H])c([2H])c3c(-c3ccc(-c4c([2H])c([2H])c([2H])c5oc6c([2H])c([2H])c([2H])c([2H])c6c45)c4ccccc34)c3c([2H])c([2H])c([2H])c([2H])c23)c([2H])c1[2H]. The first-order valence-corrected chi connectivity index (χ1v) is 13.1. The third kappa shape index (κ3) is 3.58. The van der Waals surface area contributed by atoms with Crippen molar-refractivity contribution in [2.75, 3.05) is 0 Å². The van der Waals surface area contributed by atoms with Gasteiger partial charge in [0.05, 0.1) is 27.4 Å². The Morgan fingerprint density at radius 1 is 0.372 bits per heavy atom. The molecule has 0 aliphatic rings. The molecule has 0 amide bonds. The summed E-state index contributed by atoms with van der Waals surface area (Å²) in [4.78, 5) is 0. The molecular weight excluding hydrogens is 520 g/mol. The number of para-hydroxylation sites is 1. The van der Waals surface area contributed by atoms with Crippen LogP contribution in [0.25, 0.3) is 87.6 Å². The Labute approximate surface area is 277 Å².